The predicted octanol–water partition coefficient (Wildman–Crippen LogP) is 2.15. The van der Waals surface area contributed by atoms with Gasteiger partial charge in [-0.3, -0.25) is 0 Å². The molecule has 0 aromatic rings. The van der Waals surface area contributed by atoms with Crippen molar-refractivity contribution in [3.63, 3.8) is 0 Å². The average molecular weight is 217 g/mol. The Hall–Kier alpha value is 0.270. The molecular formula is C11H23NOS. The van der Waals surface area contributed by atoms with E-state index < -0.39 is 0 Å². The third kappa shape index (κ3) is 4.67. The van der Waals surface area contributed by atoms with Crippen molar-refractivity contribution in [2.45, 2.75) is 56.2 Å². The minimum Gasteiger partial charge on any atom is -0.394 e. The van der Waals surface area contributed by atoms with E-state index in [9.17, 15) is 0 Å². The van der Waals surface area contributed by atoms with Crippen LogP contribution >= 0.6 is 11.8 Å². The molecule has 84 valence electrons. The molecule has 0 radical (unpaired) electrons. The normalized spacial score (nSPS) is 22.5. The van der Waals surface area contributed by atoms with Gasteiger partial charge < -0.3 is 10.8 Å². The lowest BCUT2D eigenvalue weighted by atomic mass is 9.99. The van der Waals surface area contributed by atoms with Crippen LogP contribution in [-0.4, -0.2) is 28.3 Å². The summed E-state index contributed by atoms with van der Waals surface area (Å²) in [6.07, 6.45) is 7.72. The van der Waals surface area contributed by atoms with Gasteiger partial charge in [-0.25, -0.2) is 0 Å². The lowest BCUT2D eigenvalue weighted by Gasteiger charge is -2.21. The molecule has 0 aliphatic heterocycles. The molecule has 1 aliphatic carbocycles. The third-order valence-electron chi connectivity index (χ3n) is 2.91. The quantitative estimate of drug-likeness (QED) is 0.670. The highest BCUT2D eigenvalue weighted by molar-refractivity contribution is 7.99. The fourth-order valence-electron chi connectivity index (χ4n) is 1.86. The van der Waals surface area contributed by atoms with E-state index in [0.717, 1.165) is 18.1 Å². The topological polar surface area (TPSA) is 46.2 Å². The molecule has 1 rings (SSSR count). The van der Waals surface area contributed by atoms with E-state index in [4.69, 9.17) is 10.8 Å². The van der Waals surface area contributed by atoms with Crippen molar-refractivity contribution in [2.24, 2.45) is 5.73 Å². The Balaban J connectivity index is 1.98. The molecule has 0 saturated heterocycles. The van der Waals surface area contributed by atoms with Gasteiger partial charge in [0.05, 0.1) is 6.61 Å². The zero-order valence-corrected chi connectivity index (χ0v) is 9.98. The second kappa shape index (κ2) is 5.99. The lowest BCUT2D eigenvalue weighted by Crippen LogP contribution is -2.40. The molecule has 0 aromatic heterocycles. The molecule has 3 heteroatoms. The second-order valence-corrected chi connectivity index (χ2v) is 6.10. The number of hydrogen-bond donors (Lipinski definition) is 2. The molecule has 1 atom stereocenters. The summed E-state index contributed by atoms with van der Waals surface area (Å²) in [6.45, 7) is 2.02. The zero-order chi connectivity index (χ0) is 10.4. The predicted molar refractivity (Wildman–Crippen MR) is 63.6 cm³/mol. The van der Waals surface area contributed by atoms with Crippen molar-refractivity contribution in [1.82, 2.24) is 0 Å². The molecule has 2 nitrogen and oxygen atoms in total. The van der Waals surface area contributed by atoms with Gasteiger partial charge in [0, 0.05) is 10.8 Å². The first kappa shape index (κ1) is 12.3. The number of hydrogen-bond acceptors (Lipinski definition) is 3. The molecule has 0 amide bonds. The Morgan fingerprint density at radius 1 is 1.43 bits per heavy atom. The molecule has 3 N–H and O–H groups in total. The maximum atomic E-state index is 8.97. The van der Waals surface area contributed by atoms with Crippen molar-refractivity contribution in [2.75, 3.05) is 12.4 Å². The summed E-state index contributed by atoms with van der Waals surface area (Å²) in [4.78, 5) is 0. The first-order valence-corrected chi connectivity index (χ1v) is 6.70. The van der Waals surface area contributed by atoms with E-state index in [1.54, 1.807) is 0 Å². The minimum atomic E-state index is -0.365. The van der Waals surface area contributed by atoms with Crippen molar-refractivity contribution in [3.8, 4) is 0 Å². The third-order valence-corrected chi connectivity index (χ3v) is 4.38. The van der Waals surface area contributed by atoms with Gasteiger partial charge >= 0.3 is 0 Å². The van der Waals surface area contributed by atoms with E-state index in [1.807, 2.05) is 6.92 Å². The highest BCUT2D eigenvalue weighted by atomic mass is 32.2. The van der Waals surface area contributed by atoms with Gasteiger partial charge in [0.25, 0.3) is 0 Å². The molecule has 0 bridgehead atoms. The number of thioether (sulfide) groups is 1. The highest BCUT2D eigenvalue weighted by Gasteiger charge is 2.18. The summed E-state index contributed by atoms with van der Waals surface area (Å²) in [5.74, 6) is 1.21. The van der Waals surface area contributed by atoms with Gasteiger partial charge in [-0.15, -0.1) is 0 Å². The largest absolute Gasteiger partial charge is 0.394 e. The van der Waals surface area contributed by atoms with Crippen molar-refractivity contribution in [3.05, 3.63) is 0 Å². The molecule has 1 unspecified atom stereocenters. The van der Waals surface area contributed by atoms with Crippen LogP contribution in [0.3, 0.4) is 0 Å². The zero-order valence-electron chi connectivity index (χ0n) is 9.17. The summed E-state index contributed by atoms with van der Waals surface area (Å²) in [5.41, 5.74) is 5.49. The SMILES string of the molecule is CC(N)(CO)CCCSC1CCCC1. The Bertz CT molecular complexity index is 155. The molecule has 0 spiro atoms. The van der Waals surface area contributed by atoms with Crippen LogP contribution in [0.5, 0.6) is 0 Å². The molecule has 14 heavy (non-hydrogen) atoms. The van der Waals surface area contributed by atoms with Crippen LogP contribution in [0.4, 0.5) is 0 Å². The summed E-state index contributed by atoms with van der Waals surface area (Å²) >= 11 is 2.10. The summed E-state index contributed by atoms with van der Waals surface area (Å²) in [7, 11) is 0. The molecular weight excluding hydrogens is 194 g/mol. The van der Waals surface area contributed by atoms with Crippen molar-refractivity contribution >= 4 is 11.8 Å². The van der Waals surface area contributed by atoms with E-state index in [1.165, 1.54) is 31.4 Å². The smallest absolute Gasteiger partial charge is 0.0608 e. The van der Waals surface area contributed by atoms with Gasteiger partial charge in [-0.05, 0) is 38.4 Å². The molecule has 1 aliphatic rings. The molecule has 1 fully saturated rings. The van der Waals surface area contributed by atoms with Crippen molar-refractivity contribution in [1.29, 1.82) is 0 Å². The number of nitrogens with two attached hydrogens (primary N) is 1. The van der Waals surface area contributed by atoms with Crippen LogP contribution in [-0.2, 0) is 0 Å². The maximum absolute atomic E-state index is 8.97. The van der Waals surface area contributed by atoms with Crippen LogP contribution in [0.1, 0.15) is 45.4 Å². The van der Waals surface area contributed by atoms with Crippen LogP contribution in [0.2, 0.25) is 0 Å². The fourth-order valence-corrected chi connectivity index (χ4v) is 3.17. The monoisotopic (exact) mass is 217 g/mol. The summed E-state index contributed by atoms with van der Waals surface area (Å²) < 4.78 is 0. The van der Waals surface area contributed by atoms with E-state index in [-0.39, 0.29) is 12.1 Å². The minimum absolute atomic E-state index is 0.0983. The first-order chi connectivity index (χ1) is 6.64. The van der Waals surface area contributed by atoms with Crippen LogP contribution in [0.15, 0.2) is 0 Å². The maximum Gasteiger partial charge on any atom is 0.0608 e. The Kier molecular flexibility index (Phi) is 5.28. The number of aliphatic hydroxyl groups is 1. The average Bonchev–Trinajstić information content (AvgIpc) is 2.65. The standard InChI is InChI=1S/C11H23NOS/c1-11(12,9-13)7-4-8-14-10-5-2-3-6-10/h10,13H,2-9,12H2,1H3. The van der Waals surface area contributed by atoms with Crippen LogP contribution < -0.4 is 5.73 Å². The summed E-state index contributed by atoms with van der Waals surface area (Å²) in [6, 6.07) is 0. The van der Waals surface area contributed by atoms with Gasteiger partial charge in [0.1, 0.15) is 0 Å². The lowest BCUT2D eigenvalue weighted by molar-refractivity contribution is 0.200. The van der Waals surface area contributed by atoms with Gasteiger partial charge in [-0.2, -0.15) is 11.8 Å². The van der Waals surface area contributed by atoms with E-state index in [0.29, 0.717) is 0 Å². The van der Waals surface area contributed by atoms with E-state index in [2.05, 4.69) is 11.8 Å². The van der Waals surface area contributed by atoms with Crippen molar-refractivity contribution < 1.29 is 5.11 Å². The van der Waals surface area contributed by atoms with Gasteiger partial charge in [0.2, 0.25) is 0 Å². The van der Waals surface area contributed by atoms with Gasteiger partial charge in [0.15, 0.2) is 0 Å². The Morgan fingerprint density at radius 3 is 2.64 bits per heavy atom. The van der Waals surface area contributed by atoms with Crippen LogP contribution in [0.25, 0.3) is 0 Å². The Morgan fingerprint density at radius 2 is 2.07 bits per heavy atom. The molecule has 0 aromatic carbocycles. The first-order valence-electron chi connectivity index (χ1n) is 5.65. The fraction of sp³-hybridized carbons (Fsp3) is 1.00. The molecule has 0 heterocycles. The van der Waals surface area contributed by atoms with Gasteiger partial charge in [-0.1, -0.05) is 12.8 Å². The second-order valence-electron chi connectivity index (χ2n) is 4.69. The number of aliphatic hydroxyl groups excluding tert-OH is 1. The van der Waals surface area contributed by atoms with E-state index >= 15 is 0 Å². The summed E-state index contributed by atoms with van der Waals surface area (Å²) in [5, 5.41) is 9.88. The molecule has 1 saturated carbocycles. The number of rotatable bonds is 6. The highest BCUT2D eigenvalue weighted by Crippen LogP contribution is 2.30. The van der Waals surface area contributed by atoms with Crippen LogP contribution in [0, 0.1) is 0 Å². The Labute approximate surface area is 91.6 Å².